The Morgan fingerprint density at radius 3 is 2.87 bits per heavy atom. The first kappa shape index (κ1) is 23.2. The van der Waals surface area contributed by atoms with Crippen molar-refractivity contribution in [3.8, 4) is 0 Å². The number of hydrogen-bond donors (Lipinski definition) is 1. The van der Waals surface area contributed by atoms with E-state index in [1.807, 2.05) is 25.9 Å². The number of nitrogens with one attached hydrogen (secondary N) is 1. The smallest absolute Gasteiger partial charge is 0.228 e. The molecule has 0 bridgehead atoms. The maximum absolute atomic E-state index is 13.6. The summed E-state index contributed by atoms with van der Waals surface area (Å²) in [5.41, 5.74) is 0.636. The summed E-state index contributed by atoms with van der Waals surface area (Å²) in [5.74, 6) is -0.392. The minimum Gasteiger partial charge on any atom is -0.392 e. The maximum Gasteiger partial charge on any atom is 0.228 e. The quantitative estimate of drug-likeness (QED) is 0.718. The summed E-state index contributed by atoms with van der Waals surface area (Å²) in [6.07, 6.45) is 2.12. The van der Waals surface area contributed by atoms with Gasteiger partial charge in [-0.1, -0.05) is 17.3 Å². The molecule has 3 atom stereocenters. The summed E-state index contributed by atoms with van der Waals surface area (Å²) in [6.45, 7) is 5.28. The zero-order valence-corrected chi connectivity index (χ0v) is 18.9. The number of likely N-dealkylation sites (tertiary alicyclic amines) is 1. The molecular formula is C23H33FN4O3. The summed E-state index contributed by atoms with van der Waals surface area (Å²) < 4.78 is 13.6. The molecule has 170 valence electrons. The van der Waals surface area contributed by atoms with Crippen molar-refractivity contribution in [2.45, 2.75) is 51.7 Å². The second-order valence-corrected chi connectivity index (χ2v) is 9.15. The van der Waals surface area contributed by atoms with Gasteiger partial charge in [-0.15, -0.1) is 0 Å². The van der Waals surface area contributed by atoms with Crippen LogP contribution in [0.2, 0.25) is 0 Å². The van der Waals surface area contributed by atoms with Crippen molar-refractivity contribution in [2.75, 3.05) is 33.7 Å². The van der Waals surface area contributed by atoms with Crippen molar-refractivity contribution >= 4 is 17.5 Å². The molecule has 0 aromatic heterocycles. The molecule has 0 spiro atoms. The van der Waals surface area contributed by atoms with Gasteiger partial charge in [-0.3, -0.25) is 9.59 Å². The van der Waals surface area contributed by atoms with Crippen molar-refractivity contribution < 1.29 is 18.8 Å². The van der Waals surface area contributed by atoms with Crippen LogP contribution in [-0.2, 0) is 14.4 Å². The molecule has 2 amide bonds. The predicted molar refractivity (Wildman–Crippen MR) is 117 cm³/mol. The highest BCUT2D eigenvalue weighted by Gasteiger charge is 2.46. The molecule has 2 aliphatic heterocycles. The summed E-state index contributed by atoms with van der Waals surface area (Å²) >= 11 is 0. The number of amides is 2. The summed E-state index contributed by atoms with van der Waals surface area (Å²) in [7, 11) is 3.93. The zero-order chi connectivity index (χ0) is 22.6. The van der Waals surface area contributed by atoms with Gasteiger partial charge in [-0.2, -0.15) is 0 Å². The first-order valence-corrected chi connectivity index (χ1v) is 10.9. The lowest BCUT2D eigenvalue weighted by Gasteiger charge is -2.42. The van der Waals surface area contributed by atoms with E-state index in [0.29, 0.717) is 43.6 Å². The lowest BCUT2D eigenvalue weighted by molar-refractivity contribution is -0.143. The maximum atomic E-state index is 13.6. The molecule has 3 rings (SSSR count). The lowest BCUT2D eigenvalue weighted by Crippen LogP contribution is -2.56. The van der Waals surface area contributed by atoms with Gasteiger partial charge in [0.25, 0.3) is 0 Å². The van der Waals surface area contributed by atoms with Gasteiger partial charge in [0.15, 0.2) is 0 Å². The number of oxime groups is 1. The highest BCUT2D eigenvalue weighted by atomic mass is 19.1. The molecule has 0 aliphatic carbocycles. The molecule has 2 heterocycles. The molecule has 1 aromatic rings. The van der Waals surface area contributed by atoms with E-state index in [1.54, 1.807) is 24.0 Å². The number of carbonyl (C=O) groups is 2. The van der Waals surface area contributed by atoms with Crippen molar-refractivity contribution in [3.05, 3.63) is 35.6 Å². The van der Waals surface area contributed by atoms with Crippen LogP contribution in [0.15, 0.2) is 29.4 Å². The number of carbonyl (C=O) groups excluding carboxylic acids is 2. The van der Waals surface area contributed by atoms with Crippen LogP contribution < -0.4 is 5.32 Å². The Morgan fingerprint density at radius 2 is 2.19 bits per heavy atom. The molecule has 2 aliphatic rings. The molecule has 1 saturated heterocycles. The number of benzene rings is 1. The lowest BCUT2D eigenvalue weighted by atomic mass is 9.73. The van der Waals surface area contributed by atoms with Crippen molar-refractivity contribution in [1.29, 1.82) is 0 Å². The average molecular weight is 433 g/mol. The van der Waals surface area contributed by atoms with Crippen LogP contribution in [0.1, 0.15) is 45.1 Å². The molecule has 1 aromatic carbocycles. The van der Waals surface area contributed by atoms with Crippen LogP contribution in [0.4, 0.5) is 4.39 Å². The van der Waals surface area contributed by atoms with Crippen molar-refractivity contribution in [2.24, 2.45) is 10.6 Å². The molecule has 1 N–H and O–H groups in total. The Kier molecular flexibility index (Phi) is 7.30. The Balaban J connectivity index is 1.74. The number of likely N-dealkylation sites (N-methyl/N-ethyl adjacent to an activating group) is 1. The number of halogens is 1. The second-order valence-electron chi connectivity index (χ2n) is 9.15. The van der Waals surface area contributed by atoms with E-state index in [1.165, 1.54) is 12.1 Å². The van der Waals surface area contributed by atoms with Crippen molar-refractivity contribution in [1.82, 2.24) is 15.1 Å². The minimum absolute atomic E-state index is 0.0179. The summed E-state index contributed by atoms with van der Waals surface area (Å²) in [5, 5.41) is 7.31. The number of piperidine rings is 1. The molecule has 8 heteroatoms. The number of nitrogens with zero attached hydrogens (tertiary/aromatic N) is 3. The van der Waals surface area contributed by atoms with Gasteiger partial charge in [-0.25, -0.2) is 4.39 Å². The SMILES string of the molecule is CC(=O)N1CCC[C@@](C[C@@H]2CC(c3cccc(F)c3)=NO2)(C(=O)N[C@@H](C)CN(C)C)C1. The number of hydrogen-bond acceptors (Lipinski definition) is 5. The third-order valence-electron chi connectivity index (χ3n) is 6.03. The molecule has 1 fully saturated rings. The van der Waals surface area contributed by atoms with Gasteiger partial charge in [0.05, 0.1) is 11.1 Å². The van der Waals surface area contributed by atoms with Crippen LogP contribution in [-0.4, -0.2) is 73.2 Å². The van der Waals surface area contributed by atoms with Crippen LogP contribution in [0.5, 0.6) is 0 Å². The fourth-order valence-electron chi connectivity index (χ4n) is 4.63. The van der Waals surface area contributed by atoms with Crippen LogP contribution in [0.3, 0.4) is 0 Å². The first-order chi connectivity index (χ1) is 14.7. The highest BCUT2D eigenvalue weighted by molar-refractivity contribution is 6.01. The van der Waals surface area contributed by atoms with Crippen molar-refractivity contribution in [3.63, 3.8) is 0 Å². The van der Waals surface area contributed by atoms with E-state index >= 15 is 0 Å². The van der Waals surface area contributed by atoms with Crippen LogP contribution in [0.25, 0.3) is 0 Å². The summed E-state index contributed by atoms with van der Waals surface area (Å²) in [6, 6.07) is 6.26. The van der Waals surface area contributed by atoms with Crippen LogP contribution >= 0.6 is 0 Å². The van der Waals surface area contributed by atoms with E-state index in [4.69, 9.17) is 4.84 Å². The third kappa shape index (κ3) is 5.81. The molecular weight excluding hydrogens is 399 g/mol. The second kappa shape index (κ2) is 9.77. The van der Waals surface area contributed by atoms with Gasteiger partial charge in [-0.05, 0) is 46.0 Å². The largest absolute Gasteiger partial charge is 0.392 e. The molecule has 7 nitrogen and oxygen atoms in total. The Morgan fingerprint density at radius 1 is 1.42 bits per heavy atom. The van der Waals surface area contributed by atoms with Gasteiger partial charge >= 0.3 is 0 Å². The van der Waals surface area contributed by atoms with E-state index in [2.05, 4.69) is 10.5 Å². The average Bonchev–Trinajstić information content (AvgIpc) is 3.15. The molecule has 0 saturated carbocycles. The van der Waals surface area contributed by atoms with Gasteiger partial charge in [0, 0.05) is 51.0 Å². The third-order valence-corrected chi connectivity index (χ3v) is 6.03. The standard InChI is InChI=1S/C23H33FN4O3/c1-16(14-27(3)4)25-22(30)23(9-6-10-28(15-23)17(2)29)13-20-12-21(26-31-20)18-7-5-8-19(24)11-18/h5,7-8,11,16,20H,6,9-10,12-15H2,1-4H3,(H,25,30)/t16-,20-,23-/m0/s1. The topological polar surface area (TPSA) is 74.2 Å². The Hall–Kier alpha value is -2.48. The Labute approximate surface area is 183 Å². The Bertz CT molecular complexity index is 844. The van der Waals surface area contributed by atoms with Crippen LogP contribution in [0, 0.1) is 11.2 Å². The molecule has 0 radical (unpaired) electrons. The number of rotatable bonds is 7. The molecule has 31 heavy (non-hydrogen) atoms. The van der Waals surface area contributed by atoms with E-state index in [-0.39, 0.29) is 29.8 Å². The predicted octanol–water partition coefficient (Wildman–Crippen LogP) is 2.40. The van der Waals surface area contributed by atoms with Gasteiger partial charge in [0.2, 0.25) is 11.8 Å². The fourth-order valence-corrected chi connectivity index (χ4v) is 4.63. The van der Waals surface area contributed by atoms with E-state index in [0.717, 1.165) is 13.0 Å². The van der Waals surface area contributed by atoms with Gasteiger partial charge < -0.3 is 20.0 Å². The van der Waals surface area contributed by atoms with E-state index in [9.17, 15) is 14.0 Å². The monoisotopic (exact) mass is 432 g/mol. The zero-order valence-electron chi connectivity index (χ0n) is 18.9. The summed E-state index contributed by atoms with van der Waals surface area (Å²) in [4.78, 5) is 35.0. The molecule has 0 unspecified atom stereocenters. The van der Waals surface area contributed by atoms with Gasteiger partial charge in [0.1, 0.15) is 11.9 Å². The van der Waals surface area contributed by atoms with E-state index < -0.39 is 5.41 Å². The highest BCUT2D eigenvalue weighted by Crippen LogP contribution is 2.38. The fraction of sp³-hybridized carbons (Fsp3) is 0.609. The normalized spacial score (nSPS) is 24.5. The first-order valence-electron chi connectivity index (χ1n) is 10.9. The minimum atomic E-state index is -0.734.